The van der Waals surface area contributed by atoms with Crippen LogP contribution in [0.4, 0.5) is 0 Å². The number of rotatable bonds is 8. The number of benzene rings is 1. The molecule has 0 amide bonds. The van der Waals surface area contributed by atoms with Gasteiger partial charge < -0.3 is 19.5 Å². The molecule has 1 atom stereocenters. The molecule has 20 heavy (non-hydrogen) atoms. The van der Waals surface area contributed by atoms with E-state index in [1.165, 1.54) is 0 Å². The lowest BCUT2D eigenvalue weighted by atomic mass is 10.1. The predicted octanol–water partition coefficient (Wildman–Crippen LogP) is 2.79. The van der Waals surface area contributed by atoms with Gasteiger partial charge in [0.2, 0.25) is 0 Å². The third kappa shape index (κ3) is 5.90. The molecular weight excluding hydrogens is 254 g/mol. The largest absolute Gasteiger partial charge is 0.491 e. The average molecular weight is 281 g/mol. The van der Waals surface area contributed by atoms with Crippen molar-refractivity contribution in [2.75, 3.05) is 34.0 Å². The summed E-state index contributed by atoms with van der Waals surface area (Å²) in [5.74, 6) is 0.876. The lowest BCUT2D eigenvalue weighted by Crippen LogP contribution is -2.28. The van der Waals surface area contributed by atoms with Gasteiger partial charge in [-0.2, -0.15) is 0 Å². The Morgan fingerprint density at radius 2 is 1.85 bits per heavy atom. The summed E-state index contributed by atoms with van der Waals surface area (Å²) in [4.78, 5) is 0. The van der Waals surface area contributed by atoms with Gasteiger partial charge in [0.05, 0.1) is 24.9 Å². The van der Waals surface area contributed by atoms with Gasteiger partial charge in [0.25, 0.3) is 0 Å². The molecule has 1 aromatic carbocycles. The second-order valence-corrected chi connectivity index (χ2v) is 5.64. The Morgan fingerprint density at radius 3 is 2.45 bits per heavy atom. The van der Waals surface area contributed by atoms with E-state index < -0.39 is 0 Å². The van der Waals surface area contributed by atoms with Crippen LogP contribution in [0.25, 0.3) is 0 Å². The molecule has 0 aromatic heterocycles. The smallest absolute Gasteiger partial charge is 0.124 e. The van der Waals surface area contributed by atoms with Crippen LogP contribution < -0.4 is 10.1 Å². The second kappa shape index (κ2) is 8.25. The number of para-hydroxylation sites is 1. The van der Waals surface area contributed by atoms with Crippen molar-refractivity contribution >= 4 is 0 Å². The minimum absolute atomic E-state index is 0.105. The molecule has 0 spiro atoms. The van der Waals surface area contributed by atoms with Crippen molar-refractivity contribution in [2.45, 2.75) is 32.4 Å². The van der Waals surface area contributed by atoms with E-state index in [4.69, 9.17) is 14.2 Å². The maximum absolute atomic E-state index is 5.87. The molecule has 4 nitrogen and oxygen atoms in total. The van der Waals surface area contributed by atoms with Crippen molar-refractivity contribution in [2.24, 2.45) is 0 Å². The molecule has 0 bridgehead atoms. The third-order valence-corrected chi connectivity index (χ3v) is 2.87. The summed E-state index contributed by atoms with van der Waals surface area (Å²) in [7, 11) is 3.60. The van der Waals surface area contributed by atoms with Gasteiger partial charge in [0, 0.05) is 12.7 Å². The summed E-state index contributed by atoms with van der Waals surface area (Å²) < 4.78 is 16.7. The van der Waals surface area contributed by atoms with E-state index in [9.17, 15) is 0 Å². The van der Waals surface area contributed by atoms with Gasteiger partial charge in [-0.15, -0.1) is 0 Å². The molecule has 0 aliphatic carbocycles. The Bertz CT molecular complexity index is 388. The number of likely N-dealkylation sites (N-methyl/N-ethyl adjacent to an activating group) is 1. The minimum Gasteiger partial charge on any atom is -0.491 e. The zero-order valence-electron chi connectivity index (χ0n) is 13.2. The van der Waals surface area contributed by atoms with E-state index >= 15 is 0 Å². The van der Waals surface area contributed by atoms with Crippen molar-refractivity contribution in [1.82, 2.24) is 5.32 Å². The lowest BCUT2D eigenvalue weighted by molar-refractivity contribution is -0.0142. The first-order valence-corrected chi connectivity index (χ1v) is 7.00. The molecular formula is C16H27NO3. The highest BCUT2D eigenvalue weighted by molar-refractivity contribution is 5.36. The van der Waals surface area contributed by atoms with Crippen molar-refractivity contribution < 1.29 is 14.2 Å². The van der Waals surface area contributed by atoms with Crippen LogP contribution in [0.1, 0.15) is 32.4 Å². The minimum atomic E-state index is -0.152. The predicted molar refractivity (Wildman–Crippen MR) is 81.3 cm³/mol. The van der Waals surface area contributed by atoms with Gasteiger partial charge in [0.15, 0.2) is 0 Å². The molecule has 0 saturated carbocycles. The molecule has 114 valence electrons. The van der Waals surface area contributed by atoms with Crippen molar-refractivity contribution in [3.8, 4) is 5.75 Å². The molecule has 1 aromatic rings. The zero-order chi connectivity index (χ0) is 15.0. The van der Waals surface area contributed by atoms with E-state index in [2.05, 4.69) is 32.2 Å². The van der Waals surface area contributed by atoms with Gasteiger partial charge in [-0.3, -0.25) is 0 Å². The monoisotopic (exact) mass is 281 g/mol. The summed E-state index contributed by atoms with van der Waals surface area (Å²) in [6.45, 7) is 7.90. The van der Waals surface area contributed by atoms with Crippen LogP contribution in [0.3, 0.4) is 0 Å². The quantitative estimate of drug-likeness (QED) is 0.744. The van der Waals surface area contributed by atoms with Crippen LogP contribution in [0, 0.1) is 0 Å². The van der Waals surface area contributed by atoms with Gasteiger partial charge in [-0.25, -0.2) is 0 Å². The normalized spacial score (nSPS) is 13.2. The van der Waals surface area contributed by atoms with Crippen molar-refractivity contribution in [3.05, 3.63) is 29.8 Å². The van der Waals surface area contributed by atoms with Crippen molar-refractivity contribution in [3.63, 3.8) is 0 Å². The van der Waals surface area contributed by atoms with E-state index in [-0.39, 0.29) is 11.6 Å². The molecule has 0 fully saturated rings. The van der Waals surface area contributed by atoms with Crippen LogP contribution in [-0.4, -0.2) is 39.6 Å². The summed E-state index contributed by atoms with van der Waals surface area (Å²) in [5.41, 5.74) is 0.955. The Balaban J connectivity index is 2.75. The molecule has 0 radical (unpaired) electrons. The highest BCUT2D eigenvalue weighted by Gasteiger charge is 2.18. The van der Waals surface area contributed by atoms with Crippen LogP contribution in [0.15, 0.2) is 24.3 Å². The topological polar surface area (TPSA) is 39.7 Å². The number of methoxy groups -OCH3 is 1. The highest BCUT2D eigenvalue weighted by atomic mass is 16.5. The number of hydrogen-bond acceptors (Lipinski definition) is 4. The Kier molecular flexibility index (Phi) is 6.99. The molecule has 0 aliphatic heterocycles. The fourth-order valence-corrected chi connectivity index (χ4v) is 1.80. The van der Waals surface area contributed by atoms with Crippen molar-refractivity contribution in [1.29, 1.82) is 0 Å². The van der Waals surface area contributed by atoms with Crippen LogP contribution in [0.5, 0.6) is 5.75 Å². The number of hydrogen-bond donors (Lipinski definition) is 1. The first-order chi connectivity index (χ1) is 9.48. The molecule has 0 aliphatic rings. The fraction of sp³-hybridized carbons (Fsp3) is 0.625. The summed E-state index contributed by atoms with van der Waals surface area (Å²) in [6, 6.07) is 8.14. The van der Waals surface area contributed by atoms with E-state index in [1.54, 1.807) is 7.11 Å². The fourth-order valence-electron chi connectivity index (χ4n) is 1.80. The SMILES string of the molecule is CNC(COC(C)(C)C)c1ccccc1OCCOC. The Hall–Kier alpha value is -1.10. The highest BCUT2D eigenvalue weighted by Crippen LogP contribution is 2.26. The summed E-state index contributed by atoms with van der Waals surface area (Å²) in [5, 5.41) is 3.29. The maximum atomic E-state index is 5.87. The van der Waals surface area contributed by atoms with Gasteiger partial charge in [-0.1, -0.05) is 18.2 Å². The number of nitrogens with one attached hydrogen (secondary N) is 1. The summed E-state index contributed by atoms with van der Waals surface area (Å²) >= 11 is 0. The Labute approximate surface area is 122 Å². The van der Waals surface area contributed by atoms with E-state index in [1.807, 2.05) is 25.2 Å². The Morgan fingerprint density at radius 1 is 1.15 bits per heavy atom. The first-order valence-electron chi connectivity index (χ1n) is 7.00. The zero-order valence-corrected chi connectivity index (χ0v) is 13.2. The van der Waals surface area contributed by atoms with Crippen LogP contribution in [-0.2, 0) is 9.47 Å². The third-order valence-electron chi connectivity index (χ3n) is 2.87. The average Bonchev–Trinajstić information content (AvgIpc) is 2.40. The van der Waals surface area contributed by atoms with Gasteiger partial charge in [0.1, 0.15) is 12.4 Å². The van der Waals surface area contributed by atoms with E-state index in [0.717, 1.165) is 11.3 Å². The maximum Gasteiger partial charge on any atom is 0.124 e. The molecule has 1 unspecified atom stereocenters. The molecule has 0 saturated heterocycles. The number of ether oxygens (including phenoxy) is 3. The van der Waals surface area contributed by atoms with Gasteiger partial charge >= 0.3 is 0 Å². The standard InChI is InChI=1S/C16H27NO3/c1-16(2,3)20-12-14(17-4)13-8-6-7-9-15(13)19-11-10-18-5/h6-9,14,17H,10-12H2,1-5H3. The second-order valence-electron chi connectivity index (χ2n) is 5.64. The molecule has 0 heterocycles. The van der Waals surface area contributed by atoms with Crippen LogP contribution >= 0.6 is 0 Å². The molecule has 1 rings (SSSR count). The van der Waals surface area contributed by atoms with Gasteiger partial charge in [-0.05, 0) is 33.9 Å². The summed E-state index contributed by atoms with van der Waals surface area (Å²) in [6.07, 6.45) is 0. The van der Waals surface area contributed by atoms with E-state index in [0.29, 0.717) is 19.8 Å². The first kappa shape index (κ1) is 17.0. The molecule has 1 N–H and O–H groups in total. The van der Waals surface area contributed by atoms with Crippen LogP contribution in [0.2, 0.25) is 0 Å². The molecule has 4 heteroatoms. The lowest BCUT2D eigenvalue weighted by Gasteiger charge is -2.25.